The zero-order valence-electron chi connectivity index (χ0n) is 11.3. The molecule has 0 aromatic carbocycles. The molecule has 5 nitrogen and oxygen atoms in total. The third kappa shape index (κ3) is 2.72. The predicted molar refractivity (Wildman–Crippen MR) is 66.8 cm³/mol. The number of carboxylic acid groups (broad SMARTS) is 1. The fourth-order valence-electron chi connectivity index (χ4n) is 2.24. The monoisotopic (exact) mass is 268 g/mol. The Labute approximate surface area is 111 Å². The summed E-state index contributed by atoms with van der Waals surface area (Å²) in [5, 5.41) is 9.50. The molecule has 1 atom stereocenters. The van der Waals surface area contributed by atoms with Crippen molar-refractivity contribution in [1.29, 1.82) is 0 Å². The van der Waals surface area contributed by atoms with Gasteiger partial charge < -0.3 is 10.0 Å². The standard InChI is InChI=1S/C13H17FN2O3/c1-8(2)16(9(3)17)13(4,12(18)19)10-5-11(14)7-15-6-10/h5-8H,1-4H3,(H,18,19). The van der Waals surface area contributed by atoms with Gasteiger partial charge in [0, 0.05) is 24.7 Å². The van der Waals surface area contributed by atoms with E-state index in [1.807, 2.05) is 0 Å². The van der Waals surface area contributed by atoms with Crippen LogP contribution in [0.3, 0.4) is 0 Å². The van der Waals surface area contributed by atoms with E-state index < -0.39 is 23.2 Å². The Kier molecular flexibility index (Phi) is 4.24. The maximum Gasteiger partial charge on any atom is 0.334 e. The Bertz CT molecular complexity index is 504. The van der Waals surface area contributed by atoms with Crippen molar-refractivity contribution in [3.05, 3.63) is 29.8 Å². The van der Waals surface area contributed by atoms with Crippen LogP contribution in [-0.2, 0) is 15.1 Å². The molecule has 0 saturated carbocycles. The first-order valence-electron chi connectivity index (χ1n) is 5.85. The Morgan fingerprint density at radius 2 is 2.00 bits per heavy atom. The SMILES string of the molecule is CC(=O)N(C(C)C)C(C)(C(=O)O)c1cncc(F)c1. The summed E-state index contributed by atoms with van der Waals surface area (Å²) < 4.78 is 13.3. The molecule has 0 aliphatic carbocycles. The van der Waals surface area contributed by atoms with Gasteiger partial charge in [0.05, 0.1) is 6.20 Å². The summed E-state index contributed by atoms with van der Waals surface area (Å²) >= 11 is 0. The van der Waals surface area contributed by atoms with Gasteiger partial charge in [-0.25, -0.2) is 9.18 Å². The summed E-state index contributed by atoms with van der Waals surface area (Å²) in [6.45, 7) is 6.06. The van der Waals surface area contributed by atoms with E-state index in [-0.39, 0.29) is 11.6 Å². The smallest absolute Gasteiger partial charge is 0.334 e. The molecule has 1 aromatic heterocycles. The van der Waals surface area contributed by atoms with Gasteiger partial charge in [-0.1, -0.05) is 0 Å². The summed E-state index contributed by atoms with van der Waals surface area (Å²) in [5.41, 5.74) is -1.53. The predicted octanol–water partition coefficient (Wildman–Crippen LogP) is 1.78. The van der Waals surface area contributed by atoms with Crippen molar-refractivity contribution >= 4 is 11.9 Å². The van der Waals surface area contributed by atoms with Crippen molar-refractivity contribution in [2.45, 2.75) is 39.3 Å². The first kappa shape index (κ1) is 15.1. The van der Waals surface area contributed by atoms with E-state index in [1.54, 1.807) is 13.8 Å². The fraction of sp³-hybridized carbons (Fsp3) is 0.462. The highest BCUT2D eigenvalue weighted by molar-refractivity contribution is 5.87. The highest BCUT2D eigenvalue weighted by Gasteiger charge is 2.44. The molecule has 0 radical (unpaired) electrons. The van der Waals surface area contributed by atoms with Gasteiger partial charge in [-0.2, -0.15) is 0 Å². The molecule has 1 unspecified atom stereocenters. The number of pyridine rings is 1. The number of aromatic nitrogens is 1. The second-order valence-corrected chi connectivity index (χ2v) is 4.75. The number of carbonyl (C=O) groups excluding carboxylic acids is 1. The maximum absolute atomic E-state index is 13.3. The Morgan fingerprint density at radius 1 is 1.42 bits per heavy atom. The van der Waals surface area contributed by atoms with Crippen LogP contribution in [0.4, 0.5) is 4.39 Å². The number of carboxylic acids is 1. The summed E-state index contributed by atoms with van der Waals surface area (Å²) in [4.78, 5) is 28.2. The Morgan fingerprint density at radius 3 is 2.37 bits per heavy atom. The van der Waals surface area contributed by atoms with Crippen LogP contribution in [0, 0.1) is 5.82 Å². The van der Waals surface area contributed by atoms with Crippen LogP contribution in [0.15, 0.2) is 18.5 Å². The summed E-state index contributed by atoms with van der Waals surface area (Å²) in [6.07, 6.45) is 2.24. The molecule has 1 rings (SSSR count). The second-order valence-electron chi connectivity index (χ2n) is 4.75. The van der Waals surface area contributed by atoms with Crippen LogP contribution in [0.2, 0.25) is 0 Å². The third-order valence-electron chi connectivity index (χ3n) is 3.02. The van der Waals surface area contributed by atoms with Gasteiger partial charge in [0.15, 0.2) is 5.54 Å². The minimum absolute atomic E-state index is 0.129. The molecule has 104 valence electrons. The number of halogens is 1. The zero-order chi connectivity index (χ0) is 14.8. The second kappa shape index (κ2) is 5.34. The van der Waals surface area contributed by atoms with Crippen LogP contribution in [0.1, 0.15) is 33.3 Å². The van der Waals surface area contributed by atoms with Gasteiger partial charge in [0.1, 0.15) is 5.82 Å². The molecular formula is C13H17FN2O3. The molecule has 0 aliphatic rings. The van der Waals surface area contributed by atoms with Crippen molar-refractivity contribution in [2.75, 3.05) is 0 Å². The van der Waals surface area contributed by atoms with Crippen LogP contribution < -0.4 is 0 Å². The highest BCUT2D eigenvalue weighted by atomic mass is 19.1. The molecule has 1 N–H and O–H groups in total. The molecule has 0 aliphatic heterocycles. The van der Waals surface area contributed by atoms with Crippen molar-refractivity contribution in [3.63, 3.8) is 0 Å². The average Bonchev–Trinajstić information content (AvgIpc) is 2.27. The van der Waals surface area contributed by atoms with E-state index in [0.717, 1.165) is 12.3 Å². The van der Waals surface area contributed by atoms with Crippen LogP contribution in [0.25, 0.3) is 0 Å². The van der Waals surface area contributed by atoms with Gasteiger partial charge in [-0.15, -0.1) is 0 Å². The van der Waals surface area contributed by atoms with E-state index in [9.17, 15) is 19.1 Å². The van der Waals surface area contributed by atoms with Crippen LogP contribution in [-0.4, -0.2) is 32.9 Å². The first-order valence-corrected chi connectivity index (χ1v) is 5.85. The van der Waals surface area contributed by atoms with E-state index in [0.29, 0.717) is 0 Å². The van der Waals surface area contributed by atoms with Gasteiger partial charge in [0.25, 0.3) is 0 Å². The van der Waals surface area contributed by atoms with E-state index >= 15 is 0 Å². The van der Waals surface area contributed by atoms with Gasteiger partial charge in [0.2, 0.25) is 5.91 Å². The molecular weight excluding hydrogens is 251 g/mol. The van der Waals surface area contributed by atoms with Gasteiger partial charge >= 0.3 is 5.97 Å². The van der Waals surface area contributed by atoms with Crippen molar-refractivity contribution in [3.8, 4) is 0 Å². The Hall–Kier alpha value is -1.98. The largest absolute Gasteiger partial charge is 0.479 e. The molecule has 0 saturated heterocycles. The Balaban J connectivity index is 3.47. The molecule has 1 heterocycles. The lowest BCUT2D eigenvalue weighted by molar-refractivity contribution is -0.160. The molecule has 0 spiro atoms. The summed E-state index contributed by atoms with van der Waals surface area (Å²) in [7, 11) is 0. The van der Waals surface area contributed by atoms with Crippen LogP contribution >= 0.6 is 0 Å². The average molecular weight is 268 g/mol. The molecule has 6 heteroatoms. The number of carbonyl (C=O) groups is 2. The molecule has 0 fully saturated rings. The lowest BCUT2D eigenvalue weighted by atomic mass is 9.90. The number of rotatable bonds is 4. The van der Waals surface area contributed by atoms with Gasteiger partial charge in [-0.05, 0) is 26.8 Å². The normalized spacial score (nSPS) is 14.0. The topological polar surface area (TPSA) is 70.5 Å². The number of hydrogen-bond donors (Lipinski definition) is 1. The lowest BCUT2D eigenvalue weighted by Gasteiger charge is -2.40. The first-order chi connectivity index (χ1) is 8.71. The minimum atomic E-state index is -1.66. The van der Waals surface area contributed by atoms with E-state index in [1.165, 1.54) is 24.9 Å². The summed E-state index contributed by atoms with van der Waals surface area (Å²) in [6, 6.07) is 0.737. The highest BCUT2D eigenvalue weighted by Crippen LogP contribution is 2.30. The van der Waals surface area contributed by atoms with Crippen molar-refractivity contribution in [1.82, 2.24) is 9.88 Å². The molecule has 1 aromatic rings. The van der Waals surface area contributed by atoms with Crippen molar-refractivity contribution < 1.29 is 19.1 Å². The molecule has 1 amide bonds. The van der Waals surface area contributed by atoms with E-state index in [2.05, 4.69) is 4.98 Å². The van der Waals surface area contributed by atoms with Gasteiger partial charge in [-0.3, -0.25) is 9.78 Å². The quantitative estimate of drug-likeness (QED) is 0.903. The number of hydrogen-bond acceptors (Lipinski definition) is 3. The third-order valence-corrected chi connectivity index (χ3v) is 3.02. The summed E-state index contributed by atoms with van der Waals surface area (Å²) in [5.74, 6) is -2.27. The maximum atomic E-state index is 13.3. The number of amides is 1. The zero-order valence-corrected chi connectivity index (χ0v) is 11.3. The van der Waals surface area contributed by atoms with Crippen LogP contribution in [0.5, 0.6) is 0 Å². The van der Waals surface area contributed by atoms with Crippen molar-refractivity contribution in [2.24, 2.45) is 0 Å². The number of nitrogens with zero attached hydrogens (tertiary/aromatic N) is 2. The minimum Gasteiger partial charge on any atom is -0.479 e. The van der Waals surface area contributed by atoms with E-state index in [4.69, 9.17) is 0 Å². The molecule has 19 heavy (non-hydrogen) atoms. The fourth-order valence-corrected chi connectivity index (χ4v) is 2.24. The number of aliphatic carboxylic acids is 1. The molecule has 0 bridgehead atoms. The lowest BCUT2D eigenvalue weighted by Crippen LogP contribution is -2.55.